The molecule has 2 aromatic carbocycles. The molecule has 1 aliphatic rings. The number of carboxylic acid groups (broad SMARTS) is 2. The molecule has 3 heterocycles. The summed E-state index contributed by atoms with van der Waals surface area (Å²) >= 11 is 8.17. The van der Waals surface area contributed by atoms with Crippen LogP contribution in [0, 0.1) is 5.82 Å². The first kappa shape index (κ1) is 53.6. The third-order valence-corrected chi connectivity index (χ3v) is 11.6. The second-order valence-corrected chi connectivity index (χ2v) is 17.6. The molecule has 2 amide bonds. The number of aromatic carboxylic acids is 1. The van der Waals surface area contributed by atoms with Crippen molar-refractivity contribution in [3.63, 3.8) is 0 Å². The Hall–Kier alpha value is -5.69. The van der Waals surface area contributed by atoms with Gasteiger partial charge in [-0.1, -0.05) is 23.7 Å². The molecule has 65 heavy (non-hydrogen) atoms. The number of thioether (sulfide) groups is 1. The number of amides is 2. The van der Waals surface area contributed by atoms with Gasteiger partial charge in [0.15, 0.2) is 0 Å². The van der Waals surface area contributed by atoms with Crippen molar-refractivity contribution >= 4 is 87.9 Å². The highest BCUT2D eigenvalue weighted by Gasteiger charge is 2.25. The molecule has 0 unspecified atom stereocenters. The third-order valence-electron chi connectivity index (χ3n) is 7.23. The maximum Gasteiger partial charge on any atom is 0.388 e. The molecule has 4 aromatic rings. The molecule has 33 heteroatoms. The fraction of sp³-hybridized carbons (Fsp3) is 0.312. The van der Waals surface area contributed by atoms with E-state index in [0.29, 0.717) is 28.9 Å². The minimum atomic E-state index is -4.71. The van der Waals surface area contributed by atoms with Crippen LogP contribution in [0.4, 0.5) is 38.4 Å². The lowest BCUT2D eigenvalue weighted by molar-refractivity contribution is -0.137. The number of nitrogens with zero attached hydrogens (tertiary/aromatic N) is 5. The molecule has 23 nitrogen and oxygen atoms in total. The van der Waals surface area contributed by atoms with E-state index >= 15 is 0 Å². The van der Waals surface area contributed by atoms with E-state index in [2.05, 4.69) is 34.5 Å². The first-order chi connectivity index (χ1) is 30.4. The predicted octanol–water partition coefficient (Wildman–Crippen LogP) is 3.48. The standard InChI is InChI=1S/C15H15ClFN3O3S2.C14H10F4N4O7S.C3H8NO5P/c1-23-13(21)8-24-12-7-11(10(17)6-9(12)16)18-14-19-4-2-3-5-20(19)15(22)25-14;15-11(16)28-8-5-9(29-12(17)18)20-13(19-8)21-14(25)22-30(26,27)7-4-2-1-3-6(7)10(23)24;5-3(6)1-4-2-10(7,8)9/h6-7H,2-5,8H2,1H3;1-5,11-12H,(H,23,24)(H2,19,20,21,22,25);4H,1-2H2,(H,5,6)(H2,7,8,9). The second kappa shape index (κ2) is 24.6. The minimum absolute atomic E-state index is 0.0605. The van der Waals surface area contributed by atoms with Crippen molar-refractivity contribution in [3.8, 4) is 11.8 Å². The number of carbonyl (C=O) groups is 4. The van der Waals surface area contributed by atoms with Crippen LogP contribution in [0.1, 0.15) is 23.2 Å². The average molecular weight is 1030 g/mol. The van der Waals surface area contributed by atoms with Gasteiger partial charge in [0.2, 0.25) is 22.5 Å². The molecule has 0 saturated carbocycles. The Balaban J connectivity index is 0.000000289. The van der Waals surface area contributed by atoms with E-state index in [1.54, 1.807) is 14.7 Å². The van der Waals surface area contributed by atoms with Crippen LogP contribution in [0.3, 0.4) is 0 Å². The summed E-state index contributed by atoms with van der Waals surface area (Å²) in [6.07, 6.45) is 1.30. The molecular formula is C32H33ClF5N8O15PS3. The van der Waals surface area contributed by atoms with E-state index in [9.17, 15) is 58.9 Å². The number of methoxy groups -OCH3 is 1. The van der Waals surface area contributed by atoms with Crippen LogP contribution < -0.4 is 34.5 Å². The largest absolute Gasteiger partial charge is 0.480 e. The maximum absolute atomic E-state index is 14.3. The van der Waals surface area contributed by atoms with Crippen LogP contribution in [0.2, 0.25) is 5.02 Å². The molecule has 0 spiro atoms. The predicted molar refractivity (Wildman–Crippen MR) is 216 cm³/mol. The van der Waals surface area contributed by atoms with Gasteiger partial charge in [-0.2, -0.15) is 27.5 Å². The van der Waals surface area contributed by atoms with E-state index in [0.717, 1.165) is 54.1 Å². The quantitative estimate of drug-likeness (QED) is 0.0365. The van der Waals surface area contributed by atoms with E-state index in [-0.39, 0.29) is 21.3 Å². The maximum atomic E-state index is 14.3. The number of aromatic nitrogens is 4. The molecule has 356 valence electrons. The molecule has 0 radical (unpaired) electrons. The number of hydrogen-bond donors (Lipinski definition) is 7. The Labute approximate surface area is 374 Å². The number of carboxylic acids is 2. The number of ether oxygens (including phenoxy) is 3. The van der Waals surface area contributed by atoms with Crippen molar-refractivity contribution < 1.29 is 88.3 Å². The van der Waals surface area contributed by atoms with Gasteiger partial charge in [0.25, 0.3) is 10.0 Å². The number of hydrogen-bond acceptors (Lipinski definition) is 17. The van der Waals surface area contributed by atoms with Gasteiger partial charge in [-0.3, -0.25) is 34.3 Å². The number of rotatable bonds is 16. The van der Waals surface area contributed by atoms with Gasteiger partial charge in [0, 0.05) is 18.0 Å². The molecule has 0 fully saturated rings. The number of benzene rings is 2. The second-order valence-electron chi connectivity index (χ2n) is 11.9. The number of sulfonamides is 1. The Kier molecular flexibility index (Phi) is 20.3. The summed E-state index contributed by atoms with van der Waals surface area (Å²) in [5, 5.41) is 21.0. The number of fused-ring (bicyclic) bond motifs is 1. The zero-order valence-electron chi connectivity index (χ0n) is 32.6. The average Bonchev–Trinajstić information content (AvgIpc) is 3.51. The van der Waals surface area contributed by atoms with Crippen molar-refractivity contribution in [3.05, 3.63) is 73.3 Å². The van der Waals surface area contributed by atoms with Crippen molar-refractivity contribution in [2.45, 2.75) is 48.9 Å². The van der Waals surface area contributed by atoms with Crippen molar-refractivity contribution in [1.82, 2.24) is 29.4 Å². The summed E-state index contributed by atoms with van der Waals surface area (Å²) in [5.41, 5.74) is -0.562. The van der Waals surface area contributed by atoms with Gasteiger partial charge in [-0.25, -0.2) is 36.8 Å². The molecule has 0 bridgehead atoms. The fourth-order valence-corrected chi connectivity index (χ4v) is 8.18. The Morgan fingerprint density at radius 1 is 1.00 bits per heavy atom. The highest BCUT2D eigenvalue weighted by atomic mass is 35.5. The van der Waals surface area contributed by atoms with Crippen molar-refractivity contribution in [2.75, 3.05) is 31.0 Å². The highest BCUT2D eigenvalue weighted by Crippen LogP contribution is 2.33. The zero-order valence-corrected chi connectivity index (χ0v) is 36.7. The topological polar surface area (TPSA) is 329 Å². The summed E-state index contributed by atoms with van der Waals surface area (Å²) in [6.45, 7) is -5.93. The summed E-state index contributed by atoms with van der Waals surface area (Å²) in [7, 11) is -7.51. The number of carbonyl (C=O) groups excluding carboxylic acids is 2. The van der Waals surface area contributed by atoms with E-state index in [1.165, 1.54) is 30.0 Å². The van der Waals surface area contributed by atoms with Crippen LogP contribution >= 0.6 is 42.3 Å². The van der Waals surface area contributed by atoms with Crippen LogP contribution in [0.15, 0.2) is 62.0 Å². The number of esters is 1. The number of anilines is 1. The molecule has 0 aliphatic carbocycles. The number of halogens is 6. The van der Waals surface area contributed by atoms with Crippen molar-refractivity contribution in [1.29, 1.82) is 0 Å². The smallest absolute Gasteiger partial charge is 0.388 e. The number of urea groups is 1. The van der Waals surface area contributed by atoms with Crippen LogP contribution in [-0.4, -0.2) is 111 Å². The van der Waals surface area contributed by atoms with Gasteiger partial charge >= 0.3 is 49.6 Å². The van der Waals surface area contributed by atoms with Gasteiger partial charge in [0.1, 0.15) is 16.4 Å². The zero-order chi connectivity index (χ0) is 48.6. The minimum Gasteiger partial charge on any atom is -0.480 e. The Bertz CT molecular complexity index is 2630. The monoisotopic (exact) mass is 1030 g/mol. The van der Waals surface area contributed by atoms with Crippen LogP contribution in [0.25, 0.3) is 0 Å². The molecule has 5 rings (SSSR count). The van der Waals surface area contributed by atoms with E-state index in [4.69, 9.17) is 31.6 Å². The number of nitrogens with one attached hydrogen (secondary N) is 3. The molecule has 7 N–H and O–H groups in total. The van der Waals surface area contributed by atoms with E-state index < -0.39 is 102 Å². The van der Waals surface area contributed by atoms with Gasteiger partial charge in [-0.15, -0.1) is 11.8 Å². The Morgan fingerprint density at radius 3 is 2.15 bits per heavy atom. The van der Waals surface area contributed by atoms with Crippen LogP contribution in [-0.2, 0) is 42.0 Å². The van der Waals surface area contributed by atoms with E-state index in [1.807, 2.05) is 0 Å². The molecule has 1 aliphatic heterocycles. The summed E-state index contributed by atoms with van der Waals surface area (Å²) in [4.78, 5) is 83.5. The summed E-state index contributed by atoms with van der Waals surface area (Å²) in [6, 6.07) is 5.87. The SMILES string of the molecule is COC(=O)CSc1cc(N=c2sc(=O)n3n2CCCC3)c(F)cc1Cl.O=C(Nc1nc(OC(F)F)cc(OC(F)F)n1)NS(=O)(=O)c1ccccc1C(=O)O.O=C(O)CNCP(=O)(O)O. The number of aliphatic carboxylic acids is 1. The van der Waals surface area contributed by atoms with Gasteiger partial charge in [-0.05, 0) is 48.4 Å². The lowest BCUT2D eigenvalue weighted by Crippen LogP contribution is -2.35. The number of alkyl halides is 4. The summed E-state index contributed by atoms with van der Waals surface area (Å²) in [5.74, 6) is -6.52. The Morgan fingerprint density at radius 2 is 1.60 bits per heavy atom. The summed E-state index contributed by atoms with van der Waals surface area (Å²) < 4.78 is 115. The first-order valence-corrected chi connectivity index (χ1v) is 22.8. The molecule has 2 aromatic heterocycles. The first-order valence-electron chi connectivity index (χ1n) is 17.3. The molecule has 0 saturated heterocycles. The van der Waals surface area contributed by atoms with Crippen molar-refractivity contribution in [2.24, 2.45) is 4.99 Å². The van der Waals surface area contributed by atoms with Gasteiger partial charge in [0.05, 0.1) is 42.3 Å². The fourth-order valence-electron chi connectivity index (χ4n) is 4.68. The lowest BCUT2D eigenvalue weighted by atomic mass is 10.2. The normalized spacial score (nSPS) is 12.5. The van der Waals surface area contributed by atoms with Gasteiger partial charge < -0.3 is 34.2 Å². The highest BCUT2D eigenvalue weighted by molar-refractivity contribution is 8.00. The molecular weight excluding hydrogens is 994 g/mol. The molecule has 0 atom stereocenters. The lowest BCUT2D eigenvalue weighted by Gasteiger charge is -2.15. The van der Waals surface area contributed by atoms with Crippen LogP contribution in [0.5, 0.6) is 11.8 Å². The third kappa shape index (κ3) is 18.0.